The lowest BCUT2D eigenvalue weighted by Gasteiger charge is -2.16. The minimum absolute atomic E-state index is 0.0374. The topological polar surface area (TPSA) is 12.0 Å². The molecule has 100 valence electrons. The summed E-state index contributed by atoms with van der Waals surface area (Å²) in [5.41, 5.74) is 2.33. The highest BCUT2D eigenvalue weighted by Gasteiger charge is 2.08. The molecule has 1 N–H and O–H groups in total. The number of anilines is 1. The average molecular weight is 298 g/mol. The van der Waals surface area contributed by atoms with Crippen molar-refractivity contribution in [3.8, 4) is 0 Å². The van der Waals surface area contributed by atoms with Gasteiger partial charge in [0, 0.05) is 21.8 Å². The van der Waals surface area contributed by atoms with Crippen molar-refractivity contribution >= 4 is 28.9 Å². The van der Waals surface area contributed by atoms with E-state index < -0.39 is 0 Å². The van der Waals surface area contributed by atoms with E-state index in [0.717, 1.165) is 11.3 Å². The van der Waals surface area contributed by atoms with Crippen molar-refractivity contribution < 1.29 is 4.39 Å². The maximum Gasteiger partial charge on any atom is 0.126 e. The summed E-state index contributed by atoms with van der Waals surface area (Å²) in [6.45, 7) is 3.70. The minimum Gasteiger partial charge on any atom is -0.378 e. The third-order valence-electron chi connectivity index (χ3n) is 2.94. The van der Waals surface area contributed by atoms with Gasteiger partial charge in [-0.2, -0.15) is 0 Å². The van der Waals surface area contributed by atoms with E-state index >= 15 is 0 Å². The highest BCUT2D eigenvalue weighted by Crippen LogP contribution is 2.26. The molecule has 0 saturated heterocycles. The molecule has 2 aromatic carbocycles. The van der Waals surface area contributed by atoms with Crippen LogP contribution in [0.4, 0.5) is 10.1 Å². The maximum atomic E-state index is 13.5. The molecule has 0 saturated carbocycles. The second kappa shape index (κ2) is 5.81. The molecule has 0 aliphatic carbocycles. The Morgan fingerprint density at radius 3 is 2.26 bits per heavy atom. The fourth-order valence-corrected chi connectivity index (χ4v) is 2.37. The molecule has 2 rings (SSSR count). The van der Waals surface area contributed by atoms with Gasteiger partial charge >= 0.3 is 0 Å². The summed E-state index contributed by atoms with van der Waals surface area (Å²) in [6, 6.07) is 10.4. The van der Waals surface area contributed by atoms with E-state index in [2.05, 4.69) is 5.32 Å². The first-order valence-corrected chi connectivity index (χ1v) is 6.70. The first-order chi connectivity index (χ1) is 8.95. The molecular formula is C15H14Cl2FN. The largest absolute Gasteiger partial charge is 0.378 e. The number of benzene rings is 2. The molecule has 0 aromatic heterocycles. The summed E-state index contributed by atoms with van der Waals surface area (Å²) in [4.78, 5) is 0. The molecule has 1 unspecified atom stereocenters. The van der Waals surface area contributed by atoms with Crippen LogP contribution in [0.15, 0.2) is 36.4 Å². The van der Waals surface area contributed by atoms with Crippen LogP contribution in [-0.4, -0.2) is 0 Å². The first-order valence-electron chi connectivity index (χ1n) is 5.94. The smallest absolute Gasteiger partial charge is 0.126 e. The molecule has 0 heterocycles. The summed E-state index contributed by atoms with van der Waals surface area (Å²) < 4.78 is 13.5. The van der Waals surface area contributed by atoms with Crippen molar-refractivity contribution in [1.82, 2.24) is 0 Å². The zero-order valence-corrected chi connectivity index (χ0v) is 12.2. The van der Waals surface area contributed by atoms with Crippen molar-refractivity contribution in [2.75, 3.05) is 5.32 Å². The third kappa shape index (κ3) is 3.62. The van der Waals surface area contributed by atoms with Crippen LogP contribution in [0.3, 0.4) is 0 Å². The predicted octanol–water partition coefficient (Wildman–Crippen LogP) is 5.61. The molecule has 0 fully saturated rings. The predicted molar refractivity (Wildman–Crippen MR) is 79.6 cm³/mol. The third-order valence-corrected chi connectivity index (χ3v) is 3.38. The Labute approximate surface area is 122 Å². The quantitative estimate of drug-likeness (QED) is 0.776. The molecule has 1 nitrogen and oxygen atoms in total. The standard InChI is InChI=1S/C15H14Cl2FN/c1-9-3-4-11(5-15(9)18)10(2)19-14-7-12(16)6-13(17)8-14/h3-8,10,19H,1-2H3. The van der Waals surface area contributed by atoms with Gasteiger partial charge in [0.2, 0.25) is 0 Å². The van der Waals surface area contributed by atoms with Crippen molar-refractivity contribution in [3.05, 3.63) is 63.4 Å². The van der Waals surface area contributed by atoms with Crippen LogP contribution in [0.5, 0.6) is 0 Å². The molecule has 1 atom stereocenters. The van der Waals surface area contributed by atoms with Gasteiger partial charge in [0.15, 0.2) is 0 Å². The zero-order chi connectivity index (χ0) is 14.0. The van der Waals surface area contributed by atoms with E-state index in [0.29, 0.717) is 15.6 Å². The lowest BCUT2D eigenvalue weighted by Crippen LogP contribution is -2.07. The fraction of sp³-hybridized carbons (Fsp3) is 0.200. The van der Waals surface area contributed by atoms with Crippen LogP contribution in [0.1, 0.15) is 24.1 Å². The Balaban J connectivity index is 2.20. The number of nitrogens with one attached hydrogen (secondary N) is 1. The average Bonchev–Trinajstić information content (AvgIpc) is 2.31. The highest BCUT2D eigenvalue weighted by atomic mass is 35.5. The summed E-state index contributed by atoms with van der Waals surface area (Å²) >= 11 is 11.9. The molecule has 0 amide bonds. The summed E-state index contributed by atoms with van der Waals surface area (Å²) in [6.07, 6.45) is 0. The lowest BCUT2D eigenvalue weighted by atomic mass is 10.1. The van der Waals surface area contributed by atoms with E-state index in [1.807, 2.05) is 13.0 Å². The normalized spacial score (nSPS) is 12.3. The van der Waals surface area contributed by atoms with Crippen molar-refractivity contribution in [1.29, 1.82) is 0 Å². The zero-order valence-electron chi connectivity index (χ0n) is 10.7. The molecule has 0 aliphatic heterocycles. The minimum atomic E-state index is -0.199. The van der Waals surface area contributed by atoms with Crippen molar-refractivity contribution in [2.45, 2.75) is 19.9 Å². The monoisotopic (exact) mass is 297 g/mol. The Morgan fingerprint density at radius 2 is 1.68 bits per heavy atom. The number of halogens is 3. The lowest BCUT2D eigenvalue weighted by molar-refractivity contribution is 0.614. The highest BCUT2D eigenvalue weighted by molar-refractivity contribution is 6.35. The van der Waals surface area contributed by atoms with E-state index in [-0.39, 0.29) is 11.9 Å². The van der Waals surface area contributed by atoms with Gasteiger partial charge in [-0.3, -0.25) is 0 Å². The number of hydrogen-bond donors (Lipinski definition) is 1. The maximum absolute atomic E-state index is 13.5. The summed E-state index contributed by atoms with van der Waals surface area (Å²) in [5.74, 6) is -0.199. The Kier molecular flexibility index (Phi) is 4.33. The van der Waals surface area contributed by atoms with Gasteiger partial charge < -0.3 is 5.32 Å². The molecule has 0 spiro atoms. The van der Waals surface area contributed by atoms with Crippen molar-refractivity contribution in [2.24, 2.45) is 0 Å². The van der Waals surface area contributed by atoms with E-state index in [4.69, 9.17) is 23.2 Å². The Bertz CT molecular complexity index is 578. The van der Waals surface area contributed by atoms with Crippen LogP contribution in [0, 0.1) is 12.7 Å². The van der Waals surface area contributed by atoms with Crippen LogP contribution in [-0.2, 0) is 0 Å². The number of rotatable bonds is 3. The fourth-order valence-electron chi connectivity index (χ4n) is 1.85. The summed E-state index contributed by atoms with van der Waals surface area (Å²) in [7, 11) is 0. The molecule has 4 heteroatoms. The van der Waals surface area contributed by atoms with Gasteiger partial charge in [-0.15, -0.1) is 0 Å². The second-order valence-corrected chi connectivity index (χ2v) is 5.41. The van der Waals surface area contributed by atoms with Gasteiger partial charge in [-0.1, -0.05) is 35.3 Å². The van der Waals surface area contributed by atoms with E-state index in [9.17, 15) is 4.39 Å². The molecule has 0 aliphatic rings. The molecule has 19 heavy (non-hydrogen) atoms. The first kappa shape index (κ1) is 14.2. The second-order valence-electron chi connectivity index (χ2n) is 4.53. The van der Waals surface area contributed by atoms with Gasteiger partial charge in [0.1, 0.15) is 5.82 Å². The van der Waals surface area contributed by atoms with Gasteiger partial charge in [-0.25, -0.2) is 4.39 Å². The molecular weight excluding hydrogens is 284 g/mol. The van der Waals surface area contributed by atoms with E-state index in [1.165, 1.54) is 0 Å². The van der Waals surface area contributed by atoms with E-state index in [1.54, 1.807) is 37.3 Å². The Morgan fingerprint density at radius 1 is 1.05 bits per heavy atom. The SMILES string of the molecule is Cc1ccc(C(C)Nc2cc(Cl)cc(Cl)c2)cc1F. The Hall–Kier alpha value is -1.25. The number of hydrogen-bond acceptors (Lipinski definition) is 1. The number of aryl methyl sites for hydroxylation is 1. The van der Waals surface area contributed by atoms with Crippen LogP contribution >= 0.6 is 23.2 Å². The van der Waals surface area contributed by atoms with Gasteiger partial charge in [0.05, 0.1) is 0 Å². The summed E-state index contributed by atoms with van der Waals surface area (Å²) in [5, 5.41) is 4.38. The van der Waals surface area contributed by atoms with Crippen LogP contribution in [0.2, 0.25) is 10.0 Å². The van der Waals surface area contributed by atoms with Gasteiger partial charge in [-0.05, 0) is 49.2 Å². The molecule has 0 radical (unpaired) electrons. The van der Waals surface area contributed by atoms with Gasteiger partial charge in [0.25, 0.3) is 0 Å². The molecule has 0 bridgehead atoms. The van der Waals surface area contributed by atoms with Crippen LogP contribution in [0.25, 0.3) is 0 Å². The van der Waals surface area contributed by atoms with Crippen molar-refractivity contribution in [3.63, 3.8) is 0 Å². The molecule has 2 aromatic rings. The van der Waals surface area contributed by atoms with Crippen LogP contribution < -0.4 is 5.32 Å².